The Bertz CT molecular complexity index is 1030. The molecule has 0 radical (unpaired) electrons. The smallest absolute Gasteiger partial charge is 0.262 e. The van der Waals surface area contributed by atoms with Crippen LogP contribution in [-0.4, -0.2) is 19.3 Å². The van der Waals surface area contributed by atoms with Gasteiger partial charge in [-0.15, -0.1) is 0 Å². The van der Waals surface area contributed by atoms with Crippen LogP contribution in [-0.2, 0) is 13.0 Å². The molecule has 0 atom stereocenters. The van der Waals surface area contributed by atoms with Crippen LogP contribution in [0.15, 0.2) is 66.7 Å². The number of nitrogens with zero attached hydrogens (tertiary/aromatic N) is 1. The van der Waals surface area contributed by atoms with Gasteiger partial charge in [0.2, 0.25) is 6.79 Å². The van der Waals surface area contributed by atoms with Crippen LogP contribution in [0.5, 0.6) is 17.2 Å². The van der Waals surface area contributed by atoms with E-state index in [-0.39, 0.29) is 12.7 Å². The van der Waals surface area contributed by atoms with Crippen molar-refractivity contribution in [1.29, 1.82) is 0 Å². The summed E-state index contributed by atoms with van der Waals surface area (Å²) in [5.74, 6) is 2.01. The van der Waals surface area contributed by atoms with E-state index < -0.39 is 0 Å². The average molecular weight is 373 g/mol. The number of amides is 1. The molecule has 0 saturated carbocycles. The van der Waals surface area contributed by atoms with Gasteiger partial charge in [-0.3, -0.25) is 4.79 Å². The van der Waals surface area contributed by atoms with Crippen LogP contribution < -0.4 is 19.1 Å². The zero-order valence-electron chi connectivity index (χ0n) is 15.3. The van der Waals surface area contributed by atoms with E-state index in [0.29, 0.717) is 36.0 Å². The average Bonchev–Trinajstić information content (AvgIpc) is 3.41. The van der Waals surface area contributed by atoms with Gasteiger partial charge in [0.05, 0.1) is 18.7 Å². The Labute approximate surface area is 163 Å². The zero-order valence-corrected chi connectivity index (χ0v) is 15.3. The van der Waals surface area contributed by atoms with Gasteiger partial charge in [-0.05, 0) is 29.8 Å². The highest BCUT2D eigenvalue weighted by Crippen LogP contribution is 2.37. The largest absolute Gasteiger partial charge is 0.492 e. The lowest BCUT2D eigenvalue weighted by Gasteiger charge is -2.24. The van der Waals surface area contributed by atoms with Gasteiger partial charge in [0, 0.05) is 17.7 Å². The number of rotatable bonds is 4. The van der Waals surface area contributed by atoms with Gasteiger partial charge >= 0.3 is 0 Å². The molecule has 0 aliphatic carbocycles. The number of carbonyl (C=O) groups excluding carboxylic acids is 1. The Hall–Kier alpha value is -3.47. The number of benzene rings is 3. The van der Waals surface area contributed by atoms with Gasteiger partial charge < -0.3 is 19.1 Å². The molecule has 2 aliphatic heterocycles. The number of hydrogen-bond donors (Lipinski definition) is 0. The van der Waals surface area contributed by atoms with E-state index in [0.717, 1.165) is 23.2 Å². The van der Waals surface area contributed by atoms with Crippen LogP contribution in [0.1, 0.15) is 21.5 Å². The number of anilines is 1. The lowest BCUT2D eigenvalue weighted by molar-refractivity contribution is 0.0982. The number of ether oxygens (including phenoxy) is 3. The Morgan fingerprint density at radius 3 is 2.61 bits per heavy atom. The Balaban J connectivity index is 1.56. The molecule has 0 spiro atoms. The third-order valence-corrected chi connectivity index (χ3v) is 5.06. The fraction of sp³-hybridized carbons (Fsp3) is 0.174. The van der Waals surface area contributed by atoms with E-state index >= 15 is 0 Å². The maximum absolute atomic E-state index is 13.6. The second-order valence-corrected chi connectivity index (χ2v) is 6.77. The van der Waals surface area contributed by atoms with E-state index in [1.165, 1.54) is 0 Å². The molecule has 0 unspecified atom stereocenters. The Morgan fingerprint density at radius 2 is 1.71 bits per heavy atom. The van der Waals surface area contributed by atoms with Crippen molar-refractivity contribution in [3.8, 4) is 17.2 Å². The molecule has 0 saturated heterocycles. The normalized spacial score (nSPS) is 13.7. The Kier molecular flexibility index (Phi) is 4.13. The van der Waals surface area contributed by atoms with Crippen molar-refractivity contribution < 1.29 is 19.0 Å². The summed E-state index contributed by atoms with van der Waals surface area (Å²) in [5, 5.41) is 0. The predicted molar refractivity (Wildman–Crippen MR) is 105 cm³/mol. The molecule has 5 heteroatoms. The van der Waals surface area contributed by atoms with Crippen LogP contribution >= 0.6 is 0 Å². The van der Waals surface area contributed by atoms with E-state index in [2.05, 4.69) is 0 Å². The summed E-state index contributed by atoms with van der Waals surface area (Å²) in [4.78, 5) is 15.3. The maximum Gasteiger partial charge on any atom is 0.262 e. The molecular formula is C23H19NO4. The quantitative estimate of drug-likeness (QED) is 0.688. The minimum absolute atomic E-state index is 0.0959. The number of para-hydroxylation sites is 3. The Morgan fingerprint density at radius 1 is 0.857 bits per heavy atom. The topological polar surface area (TPSA) is 48.0 Å². The first-order valence-corrected chi connectivity index (χ1v) is 9.30. The van der Waals surface area contributed by atoms with Gasteiger partial charge in [-0.1, -0.05) is 42.5 Å². The monoisotopic (exact) mass is 373 g/mol. The van der Waals surface area contributed by atoms with Crippen molar-refractivity contribution in [2.24, 2.45) is 0 Å². The first-order chi connectivity index (χ1) is 13.8. The molecule has 2 heterocycles. The molecule has 1 amide bonds. The maximum atomic E-state index is 13.6. The van der Waals surface area contributed by atoms with Crippen LogP contribution in [0.4, 0.5) is 5.69 Å². The molecule has 3 aromatic rings. The van der Waals surface area contributed by atoms with Gasteiger partial charge in [0.25, 0.3) is 5.91 Å². The van der Waals surface area contributed by atoms with Gasteiger partial charge in [-0.25, -0.2) is 0 Å². The third kappa shape index (κ3) is 2.85. The zero-order chi connectivity index (χ0) is 18.9. The summed E-state index contributed by atoms with van der Waals surface area (Å²) < 4.78 is 16.9. The van der Waals surface area contributed by atoms with Crippen molar-refractivity contribution in [2.75, 3.05) is 18.3 Å². The SMILES string of the molecule is O=C(c1cccc2c1OCC2)N(Cc1cccc2c1OCO2)c1ccccc1. The summed E-state index contributed by atoms with van der Waals surface area (Å²) in [5.41, 5.74) is 3.39. The van der Waals surface area contributed by atoms with Crippen molar-refractivity contribution in [2.45, 2.75) is 13.0 Å². The van der Waals surface area contributed by atoms with Gasteiger partial charge in [0.15, 0.2) is 11.5 Å². The fourth-order valence-corrected chi connectivity index (χ4v) is 3.70. The summed E-state index contributed by atoms with van der Waals surface area (Å²) in [6, 6.07) is 21.2. The fourth-order valence-electron chi connectivity index (χ4n) is 3.70. The first-order valence-electron chi connectivity index (χ1n) is 9.30. The standard InChI is InChI=1S/C23H19NO4/c25-23(19-10-4-6-16-12-13-26-21(16)19)24(18-8-2-1-3-9-18)14-17-7-5-11-20-22(17)28-15-27-20/h1-11H,12-15H2. The lowest BCUT2D eigenvalue weighted by atomic mass is 10.1. The second kappa shape index (κ2) is 6.93. The molecule has 0 N–H and O–H groups in total. The number of carbonyl (C=O) groups is 1. The second-order valence-electron chi connectivity index (χ2n) is 6.77. The lowest BCUT2D eigenvalue weighted by Crippen LogP contribution is -2.30. The molecule has 0 bridgehead atoms. The van der Waals surface area contributed by atoms with Crippen LogP contribution in [0, 0.1) is 0 Å². The van der Waals surface area contributed by atoms with E-state index in [9.17, 15) is 4.79 Å². The predicted octanol–water partition coefficient (Wildman–Crippen LogP) is 4.20. The molecule has 0 fully saturated rings. The van der Waals surface area contributed by atoms with E-state index in [4.69, 9.17) is 14.2 Å². The molecule has 5 nitrogen and oxygen atoms in total. The van der Waals surface area contributed by atoms with Crippen molar-refractivity contribution in [3.63, 3.8) is 0 Å². The van der Waals surface area contributed by atoms with Gasteiger partial charge in [-0.2, -0.15) is 0 Å². The molecule has 3 aromatic carbocycles. The van der Waals surface area contributed by atoms with Crippen molar-refractivity contribution in [3.05, 3.63) is 83.4 Å². The molecular weight excluding hydrogens is 354 g/mol. The third-order valence-electron chi connectivity index (χ3n) is 5.06. The summed E-state index contributed by atoms with van der Waals surface area (Å²) >= 11 is 0. The number of hydrogen-bond acceptors (Lipinski definition) is 4. The number of fused-ring (bicyclic) bond motifs is 2. The van der Waals surface area contributed by atoms with Crippen LogP contribution in [0.2, 0.25) is 0 Å². The van der Waals surface area contributed by atoms with E-state index in [1.54, 1.807) is 4.90 Å². The molecule has 0 aromatic heterocycles. The molecule has 5 rings (SSSR count). The summed E-state index contributed by atoms with van der Waals surface area (Å²) in [7, 11) is 0. The van der Waals surface area contributed by atoms with E-state index in [1.807, 2.05) is 66.7 Å². The first kappa shape index (κ1) is 16.7. The molecule has 2 aliphatic rings. The summed E-state index contributed by atoms with van der Waals surface area (Å²) in [6.45, 7) is 1.19. The van der Waals surface area contributed by atoms with Crippen LogP contribution in [0.25, 0.3) is 0 Å². The summed E-state index contributed by atoms with van der Waals surface area (Å²) in [6.07, 6.45) is 0.833. The minimum atomic E-state index is -0.0959. The van der Waals surface area contributed by atoms with Crippen molar-refractivity contribution >= 4 is 11.6 Å². The minimum Gasteiger partial charge on any atom is -0.492 e. The highest BCUT2D eigenvalue weighted by molar-refractivity contribution is 6.08. The van der Waals surface area contributed by atoms with Gasteiger partial charge in [0.1, 0.15) is 5.75 Å². The van der Waals surface area contributed by atoms with Crippen LogP contribution in [0.3, 0.4) is 0 Å². The highest BCUT2D eigenvalue weighted by Gasteiger charge is 2.27. The molecule has 28 heavy (non-hydrogen) atoms. The molecule has 140 valence electrons. The van der Waals surface area contributed by atoms with Crippen molar-refractivity contribution in [1.82, 2.24) is 0 Å². The highest BCUT2D eigenvalue weighted by atomic mass is 16.7.